The van der Waals surface area contributed by atoms with Crippen LogP contribution in [0.4, 0.5) is 0 Å². The van der Waals surface area contributed by atoms with Gasteiger partial charge in [0.25, 0.3) is 0 Å². The van der Waals surface area contributed by atoms with Gasteiger partial charge in [0.05, 0.1) is 12.7 Å². The molecule has 22 heavy (non-hydrogen) atoms. The van der Waals surface area contributed by atoms with Gasteiger partial charge < -0.3 is 14.4 Å². The van der Waals surface area contributed by atoms with E-state index in [9.17, 15) is 4.79 Å². The van der Waals surface area contributed by atoms with Crippen molar-refractivity contribution in [3.05, 3.63) is 29.8 Å². The molecule has 4 heteroatoms. The Labute approximate surface area is 133 Å². The van der Waals surface area contributed by atoms with E-state index in [-0.39, 0.29) is 11.5 Å². The van der Waals surface area contributed by atoms with Gasteiger partial charge in [-0.3, -0.25) is 4.79 Å². The number of benzene rings is 1. The maximum Gasteiger partial charge on any atom is 0.222 e. The van der Waals surface area contributed by atoms with Crippen LogP contribution >= 0.6 is 0 Å². The van der Waals surface area contributed by atoms with Crippen LogP contribution in [0.5, 0.6) is 5.75 Å². The van der Waals surface area contributed by atoms with E-state index in [4.69, 9.17) is 9.47 Å². The molecule has 0 N–H and O–H groups in total. The zero-order chi connectivity index (χ0) is 16.0. The molecule has 1 aliphatic heterocycles. The summed E-state index contributed by atoms with van der Waals surface area (Å²) in [7, 11) is 3.42. The molecule has 1 heterocycles. The Morgan fingerprint density at radius 2 is 1.91 bits per heavy atom. The predicted molar refractivity (Wildman–Crippen MR) is 87.2 cm³/mol. The van der Waals surface area contributed by atoms with Crippen molar-refractivity contribution in [1.29, 1.82) is 0 Å². The number of carbonyl (C=O) groups excluding carboxylic acids is 1. The Hall–Kier alpha value is -1.55. The highest BCUT2D eigenvalue weighted by Gasteiger charge is 2.28. The zero-order valence-electron chi connectivity index (χ0n) is 13.9. The monoisotopic (exact) mass is 305 g/mol. The lowest BCUT2D eigenvalue weighted by Gasteiger charge is -2.26. The predicted octanol–water partition coefficient (Wildman–Crippen LogP) is 3.05. The summed E-state index contributed by atoms with van der Waals surface area (Å²) < 4.78 is 10.7. The lowest BCUT2D eigenvalue weighted by Crippen LogP contribution is -2.34. The van der Waals surface area contributed by atoms with Crippen molar-refractivity contribution in [2.24, 2.45) is 0 Å². The van der Waals surface area contributed by atoms with Gasteiger partial charge in [0.2, 0.25) is 5.91 Å². The highest BCUT2D eigenvalue weighted by atomic mass is 16.5. The van der Waals surface area contributed by atoms with E-state index in [1.807, 2.05) is 29.2 Å². The molecule has 1 atom stereocenters. The van der Waals surface area contributed by atoms with Crippen molar-refractivity contribution in [2.45, 2.75) is 44.6 Å². The summed E-state index contributed by atoms with van der Waals surface area (Å²) >= 11 is 0. The van der Waals surface area contributed by atoms with Crippen LogP contribution in [0.2, 0.25) is 0 Å². The summed E-state index contributed by atoms with van der Waals surface area (Å²) in [5.41, 5.74) is 1.09. The summed E-state index contributed by atoms with van der Waals surface area (Å²) in [6.45, 7) is 3.78. The third kappa shape index (κ3) is 4.47. The fourth-order valence-electron chi connectivity index (χ4n) is 2.91. The molecule has 0 aromatic heterocycles. The fraction of sp³-hybridized carbons (Fsp3) is 0.611. The number of hydrogen-bond acceptors (Lipinski definition) is 3. The van der Waals surface area contributed by atoms with Crippen LogP contribution in [0.3, 0.4) is 0 Å². The Morgan fingerprint density at radius 1 is 1.18 bits per heavy atom. The Kier molecular flexibility index (Phi) is 5.83. The van der Waals surface area contributed by atoms with E-state index >= 15 is 0 Å². The van der Waals surface area contributed by atoms with Crippen molar-refractivity contribution < 1.29 is 14.3 Å². The Morgan fingerprint density at radius 3 is 2.55 bits per heavy atom. The smallest absolute Gasteiger partial charge is 0.222 e. The molecule has 0 spiro atoms. The Balaban J connectivity index is 1.84. The highest BCUT2D eigenvalue weighted by molar-refractivity contribution is 5.76. The molecule has 1 aliphatic rings. The molecule has 122 valence electrons. The van der Waals surface area contributed by atoms with Crippen LogP contribution < -0.4 is 4.74 Å². The third-order valence-electron chi connectivity index (χ3n) is 4.68. The molecule has 0 radical (unpaired) electrons. The highest BCUT2D eigenvalue weighted by Crippen LogP contribution is 2.25. The van der Waals surface area contributed by atoms with Gasteiger partial charge >= 0.3 is 0 Å². The second-order valence-corrected chi connectivity index (χ2v) is 6.24. The molecular formula is C18H27NO3. The SMILES string of the molecule is COc1ccc(CCC(=O)N2CCCC(C)(OC)CC2)cc1. The molecule has 4 nitrogen and oxygen atoms in total. The van der Waals surface area contributed by atoms with E-state index in [0.717, 1.165) is 44.5 Å². The largest absolute Gasteiger partial charge is 0.497 e. The van der Waals surface area contributed by atoms with Gasteiger partial charge in [-0.15, -0.1) is 0 Å². The van der Waals surface area contributed by atoms with E-state index in [2.05, 4.69) is 6.92 Å². The van der Waals surface area contributed by atoms with Crippen LogP contribution in [0.1, 0.15) is 38.2 Å². The van der Waals surface area contributed by atoms with Gasteiger partial charge in [0.1, 0.15) is 5.75 Å². The Bertz CT molecular complexity index is 486. The minimum Gasteiger partial charge on any atom is -0.497 e. The van der Waals surface area contributed by atoms with Crippen molar-refractivity contribution in [1.82, 2.24) is 4.90 Å². The maximum atomic E-state index is 12.4. The van der Waals surface area contributed by atoms with Crippen LogP contribution in [0.15, 0.2) is 24.3 Å². The first-order valence-electron chi connectivity index (χ1n) is 8.02. The van der Waals surface area contributed by atoms with Crippen LogP contribution in [0.25, 0.3) is 0 Å². The minimum absolute atomic E-state index is 0.0784. The van der Waals surface area contributed by atoms with Crippen LogP contribution in [0, 0.1) is 0 Å². The van der Waals surface area contributed by atoms with Crippen LogP contribution in [-0.4, -0.2) is 43.7 Å². The summed E-state index contributed by atoms with van der Waals surface area (Å²) in [5.74, 6) is 1.10. The number of likely N-dealkylation sites (tertiary alicyclic amines) is 1. The van der Waals surface area contributed by atoms with Crippen molar-refractivity contribution >= 4 is 5.91 Å². The van der Waals surface area contributed by atoms with Gasteiger partial charge in [-0.05, 0) is 50.3 Å². The minimum atomic E-state index is -0.0784. The summed E-state index contributed by atoms with van der Waals surface area (Å²) in [6, 6.07) is 7.93. The van der Waals surface area contributed by atoms with E-state index < -0.39 is 0 Å². The lowest BCUT2D eigenvalue weighted by atomic mass is 9.97. The summed E-state index contributed by atoms with van der Waals surface area (Å²) in [4.78, 5) is 14.4. The number of amides is 1. The van der Waals surface area contributed by atoms with Crippen molar-refractivity contribution in [3.63, 3.8) is 0 Å². The number of carbonyl (C=O) groups is 1. The molecule has 0 saturated carbocycles. The van der Waals surface area contributed by atoms with Crippen molar-refractivity contribution in [2.75, 3.05) is 27.3 Å². The number of nitrogens with zero attached hydrogens (tertiary/aromatic N) is 1. The molecule has 2 rings (SSSR count). The average molecular weight is 305 g/mol. The van der Waals surface area contributed by atoms with Gasteiger partial charge in [-0.1, -0.05) is 12.1 Å². The maximum absolute atomic E-state index is 12.4. The second kappa shape index (κ2) is 7.63. The average Bonchev–Trinajstić information content (AvgIpc) is 2.75. The lowest BCUT2D eigenvalue weighted by molar-refractivity contribution is -0.131. The van der Waals surface area contributed by atoms with Gasteiger partial charge in [-0.2, -0.15) is 0 Å². The van der Waals surface area contributed by atoms with E-state index in [1.54, 1.807) is 14.2 Å². The third-order valence-corrected chi connectivity index (χ3v) is 4.68. The number of methoxy groups -OCH3 is 2. The molecule has 1 aromatic carbocycles. The molecule has 0 bridgehead atoms. The quantitative estimate of drug-likeness (QED) is 0.839. The molecule has 0 aliphatic carbocycles. The van der Waals surface area contributed by atoms with E-state index in [1.165, 1.54) is 5.56 Å². The topological polar surface area (TPSA) is 38.8 Å². The second-order valence-electron chi connectivity index (χ2n) is 6.24. The van der Waals surface area contributed by atoms with E-state index in [0.29, 0.717) is 6.42 Å². The van der Waals surface area contributed by atoms with Gasteiger partial charge in [0.15, 0.2) is 0 Å². The first-order valence-corrected chi connectivity index (χ1v) is 8.02. The van der Waals surface area contributed by atoms with Crippen molar-refractivity contribution in [3.8, 4) is 5.75 Å². The first-order chi connectivity index (χ1) is 10.6. The molecule has 1 unspecified atom stereocenters. The molecule has 1 aromatic rings. The molecule has 1 amide bonds. The normalized spacial score (nSPS) is 22.2. The first kappa shape index (κ1) is 16.8. The standard InChI is InChI=1S/C18H27NO3/c1-18(22-3)11-4-13-19(14-12-18)17(20)10-7-15-5-8-16(21-2)9-6-15/h5-6,8-9H,4,7,10-14H2,1-3H3. The molecule has 1 fully saturated rings. The number of rotatable bonds is 5. The molecule has 1 saturated heterocycles. The number of hydrogen-bond donors (Lipinski definition) is 0. The van der Waals surface area contributed by atoms with Crippen LogP contribution in [-0.2, 0) is 16.0 Å². The molecular weight excluding hydrogens is 278 g/mol. The number of ether oxygens (including phenoxy) is 2. The summed E-state index contributed by atoms with van der Waals surface area (Å²) in [6.07, 6.45) is 4.29. The summed E-state index contributed by atoms with van der Waals surface area (Å²) in [5, 5.41) is 0. The van der Waals surface area contributed by atoms with Gasteiger partial charge in [-0.25, -0.2) is 0 Å². The zero-order valence-corrected chi connectivity index (χ0v) is 13.9. The number of aryl methyl sites for hydroxylation is 1. The fourth-order valence-corrected chi connectivity index (χ4v) is 2.91. The van der Waals surface area contributed by atoms with Gasteiger partial charge in [0, 0.05) is 26.6 Å².